The summed E-state index contributed by atoms with van der Waals surface area (Å²) < 4.78 is 4.66. The van der Waals surface area contributed by atoms with Crippen LogP contribution < -0.4 is 5.32 Å². The molecule has 2 N–H and O–H groups in total. The Labute approximate surface area is 136 Å². The van der Waals surface area contributed by atoms with E-state index in [1.54, 1.807) is 12.1 Å². The molecule has 0 saturated heterocycles. The number of fused-ring (bicyclic) bond motifs is 1. The molecule has 0 aliphatic heterocycles. The third kappa shape index (κ3) is 2.89. The van der Waals surface area contributed by atoms with Gasteiger partial charge in [-0.05, 0) is 30.3 Å². The number of amides is 1. The van der Waals surface area contributed by atoms with Crippen LogP contribution in [-0.4, -0.2) is 29.0 Å². The maximum absolute atomic E-state index is 12.5. The first kappa shape index (κ1) is 15.1. The fourth-order valence-corrected chi connectivity index (χ4v) is 2.37. The van der Waals surface area contributed by atoms with Gasteiger partial charge in [-0.25, -0.2) is 9.78 Å². The molecule has 0 saturated carbocycles. The van der Waals surface area contributed by atoms with Crippen LogP contribution in [-0.2, 0) is 4.74 Å². The molecule has 6 nitrogen and oxygen atoms in total. The van der Waals surface area contributed by atoms with Crippen LogP contribution in [0.1, 0.15) is 20.7 Å². The molecule has 7 heteroatoms. The number of imidazole rings is 1. The number of ether oxygens (including phenoxy) is 1. The van der Waals surface area contributed by atoms with Crippen LogP contribution in [0.25, 0.3) is 11.0 Å². The Kier molecular flexibility index (Phi) is 3.99. The summed E-state index contributed by atoms with van der Waals surface area (Å²) in [6, 6.07) is 9.76. The number of carbonyl (C=O) groups is 2. The Morgan fingerprint density at radius 3 is 2.87 bits per heavy atom. The number of para-hydroxylation sites is 1. The Morgan fingerprint density at radius 2 is 2.09 bits per heavy atom. The predicted octanol–water partition coefficient (Wildman–Crippen LogP) is 3.26. The molecule has 1 aromatic heterocycles. The number of rotatable bonds is 3. The zero-order chi connectivity index (χ0) is 16.4. The van der Waals surface area contributed by atoms with Gasteiger partial charge in [0.05, 0.1) is 40.8 Å². The molecular formula is C16H12ClN3O3. The second-order valence-corrected chi connectivity index (χ2v) is 5.15. The number of halogens is 1. The largest absolute Gasteiger partial charge is 0.465 e. The number of esters is 1. The maximum Gasteiger partial charge on any atom is 0.337 e. The Morgan fingerprint density at radius 1 is 1.26 bits per heavy atom. The summed E-state index contributed by atoms with van der Waals surface area (Å²) in [5.74, 6) is -0.877. The van der Waals surface area contributed by atoms with Crippen molar-refractivity contribution in [1.29, 1.82) is 0 Å². The maximum atomic E-state index is 12.5. The van der Waals surface area contributed by atoms with E-state index in [9.17, 15) is 9.59 Å². The second kappa shape index (κ2) is 6.10. The van der Waals surface area contributed by atoms with Crippen molar-refractivity contribution in [2.75, 3.05) is 12.4 Å². The summed E-state index contributed by atoms with van der Waals surface area (Å²) in [6.45, 7) is 0. The smallest absolute Gasteiger partial charge is 0.337 e. The van der Waals surface area contributed by atoms with Crippen molar-refractivity contribution in [3.05, 3.63) is 58.9 Å². The van der Waals surface area contributed by atoms with Gasteiger partial charge in [0.1, 0.15) is 5.52 Å². The Hall–Kier alpha value is -2.86. The van der Waals surface area contributed by atoms with E-state index in [4.69, 9.17) is 11.6 Å². The van der Waals surface area contributed by atoms with Gasteiger partial charge in [0.2, 0.25) is 0 Å². The van der Waals surface area contributed by atoms with Crippen molar-refractivity contribution in [3.63, 3.8) is 0 Å². The number of nitrogens with one attached hydrogen (secondary N) is 2. The van der Waals surface area contributed by atoms with Gasteiger partial charge >= 0.3 is 5.97 Å². The highest BCUT2D eigenvalue weighted by atomic mass is 35.5. The van der Waals surface area contributed by atoms with Gasteiger partial charge in [0.25, 0.3) is 5.91 Å². The Balaban J connectivity index is 1.94. The lowest BCUT2D eigenvalue weighted by atomic mass is 10.1. The monoisotopic (exact) mass is 329 g/mol. The molecule has 116 valence electrons. The molecule has 0 atom stereocenters. The molecule has 3 aromatic rings. The van der Waals surface area contributed by atoms with Crippen molar-refractivity contribution >= 4 is 40.2 Å². The zero-order valence-electron chi connectivity index (χ0n) is 12.1. The lowest BCUT2D eigenvalue weighted by molar-refractivity contribution is 0.0600. The lowest BCUT2D eigenvalue weighted by Crippen LogP contribution is -2.13. The summed E-state index contributed by atoms with van der Waals surface area (Å²) in [5.41, 5.74) is 2.35. The molecule has 0 aliphatic carbocycles. The zero-order valence-corrected chi connectivity index (χ0v) is 12.8. The molecule has 2 aromatic carbocycles. The van der Waals surface area contributed by atoms with Crippen LogP contribution in [0.2, 0.25) is 5.02 Å². The molecule has 3 rings (SSSR count). The first-order valence-corrected chi connectivity index (χ1v) is 7.09. The van der Waals surface area contributed by atoms with Gasteiger partial charge in [-0.2, -0.15) is 0 Å². The molecule has 23 heavy (non-hydrogen) atoms. The minimum atomic E-state index is -0.508. The third-order valence-corrected chi connectivity index (χ3v) is 3.66. The van der Waals surface area contributed by atoms with Crippen molar-refractivity contribution < 1.29 is 14.3 Å². The number of H-pyrrole nitrogens is 1. The molecule has 1 heterocycles. The first-order chi connectivity index (χ1) is 11.1. The van der Waals surface area contributed by atoms with Crippen molar-refractivity contribution in [1.82, 2.24) is 9.97 Å². The standard InChI is InChI=1S/C16H12ClN3O3/c1-23-16(22)9-5-6-11(17)13(7-9)20-15(21)10-3-2-4-12-14(10)19-8-18-12/h2-8H,1H3,(H,18,19)(H,20,21). The van der Waals surface area contributed by atoms with Crippen LogP contribution in [0, 0.1) is 0 Å². The van der Waals surface area contributed by atoms with E-state index in [0.29, 0.717) is 27.4 Å². The number of aromatic nitrogens is 2. The predicted molar refractivity (Wildman–Crippen MR) is 86.8 cm³/mol. The fraction of sp³-hybridized carbons (Fsp3) is 0.0625. The average Bonchev–Trinajstić information content (AvgIpc) is 3.04. The molecule has 0 radical (unpaired) electrons. The Bertz CT molecular complexity index is 904. The normalized spacial score (nSPS) is 10.5. The first-order valence-electron chi connectivity index (χ1n) is 6.71. The van der Waals surface area contributed by atoms with E-state index in [1.165, 1.54) is 31.6 Å². The number of carbonyl (C=O) groups excluding carboxylic acids is 2. The van der Waals surface area contributed by atoms with Gasteiger partial charge in [-0.15, -0.1) is 0 Å². The molecule has 1 amide bonds. The SMILES string of the molecule is COC(=O)c1ccc(Cl)c(NC(=O)c2cccc3[nH]cnc23)c1. The number of hydrogen-bond donors (Lipinski definition) is 2. The summed E-state index contributed by atoms with van der Waals surface area (Å²) in [6.07, 6.45) is 1.52. The summed E-state index contributed by atoms with van der Waals surface area (Å²) >= 11 is 6.08. The minimum Gasteiger partial charge on any atom is -0.465 e. The van der Waals surface area contributed by atoms with E-state index >= 15 is 0 Å². The molecular weight excluding hydrogens is 318 g/mol. The van der Waals surface area contributed by atoms with E-state index in [2.05, 4.69) is 20.0 Å². The molecule has 0 bridgehead atoms. The number of aromatic amines is 1. The molecule has 0 fully saturated rings. The average molecular weight is 330 g/mol. The van der Waals surface area contributed by atoms with Crippen LogP contribution in [0.5, 0.6) is 0 Å². The fourth-order valence-electron chi connectivity index (χ4n) is 2.20. The van der Waals surface area contributed by atoms with Crippen LogP contribution in [0.4, 0.5) is 5.69 Å². The highest BCUT2D eigenvalue weighted by Crippen LogP contribution is 2.25. The van der Waals surface area contributed by atoms with Gasteiger partial charge in [0, 0.05) is 0 Å². The number of hydrogen-bond acceptors (Lipinski definition) is 4. The highest BCUT2D eigenvalue weighted by molar-refractivity contribution is 6.34. The quantitative estimate of drug-likeness (QED) is 0.722. The number of benzene rings is 2. The van der Waals surface area contributed by atoms with Gasteiger partial charge in [-0.1, -0.05) is 17.7 Å². The van der Waals surface area contributed by atoms with E-state index in [-0.39, 0.29) is 5.91 Å². The van der Waals surface area contributed by atoms with Crippen LogP contribution >= 0.6 is 11.6 Å². The third-order valence-electron chi connectivity index (χ3n) is 3.33. The number of nitrogens with zero attached hydrogens (tertiary/aromatic N) is 1. The molecule has 0 unspecified atom stereocenters. The van der Waals surface area contributed by atoms with Gasteiger partial charge < -0.3 is 15.0 Å². The van der Waals surface area contributed by atoms with E-state index < -0.39 is 5.97 Å². The van der Waals surface area contributed by atoms with Crippen molar-refractivity contribution in [3.8, 4) is 0 Å². The van der Waals surface area contributed by atoms with Crippen LogP contribution in [0.3, 0.4) is 0 Å². The summed E-state index contributed by atoms with van der Waals surface area (Å²) in [4.78, 5) is 31.2. The van der Waals surface area contributed by atoms with E-state index in [1.807, 2.05) is 6.07 Å². The summed E-state index contributed by atoms with van der Waals surface area (Å²) in [7, 11) is 1.29. The minimum absolute atomic E-state index is 0.296. The molecule has 0 aliphatic rings. The van der Waals surface area contributed by atoms with Gasteiger partial charge in [0.15, 0.2) is 0 Å². The van der Waals surface area contributed by atoms with Crippen molar-refractivity contribution in [2.45, 2.75) is 0 Å². The van der Waals surface area contributed by atoms with E-state index in [0.717, 1.165) is 5.52 Å². The van der Waals surface area contributed by atoms with Gasteiger partial charge in [-0.3, -0.25) is 4.79 Å². The molecule has 0 spiro atoms. The lowest BCUT2D eigenvalue weighted by Gasteiger charge is -2.09. The highest BCUT2D eigenvalue weighted by Gasteiger charge is 2.15. The number of anilines is 1. The second-order valence-electron chi connectivity index (χ2n) is 4.74. The number of methoxy groups -OCH3 is 1. The van der Waals surface area contributed by atoms with Crippen molar-refractivity contribution in [2.24, 2.45) is 0 Å². The van der Waals surface area contributed by atoms with Crippen LogP contribution in [0.15, 0.2) is 42.7 Å². The topological polar surface area (TPSA) is 84.1 Å². The summed E-state index contributed by atoms with van der Waals surface area (Å²) in [5, 5.41) is 3.01.